The van der Waals surface area contributed by atoms with Crippen LogP contribution in [0, 0.1) is 5.41 Å². The van der Waals surface area contributed by atoms with Crippen LogP contribution in [0.1, 0.15) is 20.3 Å². The second-order valence-electron chi connectivity index (χ2n) is 5.17. The molecule has 6 heteroatoms. The predicted octanol–water partition coefficient (Wildman–Crippen LogP) is -0.0301. The van der Waals surface area contributed by atoms with E-state index in [-0.39, 0.29) is 17.9 Å². The maximum absolute atomic E-state index is 11.8. The third kappa shape index (κ3) is 4.86. The zero-order valence-corrected chi connectivity index (χ0v) is 12.2. The molecule has 0 aromatic carbocycles. The molecular formula is C12H23N3O2S. The Morgan fingerprint density at radius 1 is 1.44 bits per heavy atom. The number of thioether (sulfide) groups is 1. The second kappa shape index (κ2) is 6.99. The average molecular weight is 273 g/mol. The fraction of sp³-hybridized carbons (Fsp3) is 0.833. The molecule has 1 fully saturated rings. The van der Waals surface area contributed by atoms with Gasteiger partial charge >= 0.3 is 0 Å². The van der Waals surface area contributed by atoms with E-state index in [9.17, 15) is 9.59 Å². The summed E-state index contributed by atoms with van der Waals surface area (Å²) in [5.74, 6) is 2.04. The third-order valence-electron chi connectivity index (χ3n) is 3.00. The van der Waals surface area contributed by atoms with Crippen LogP contribution in [-0.2, 0) is 9.59 Å². The molecule has 0 aliphatic carbocycles. The number of amides is 2. The van der Waals surface area contributed by atoms with E-state index in [0.29, 0.717) is 13.0 Å². The average Bonchev–Trinajstić information content (AvgIpc) is 2.36. The van der Waals surface area contributed by atoms with E-state index in [1.165, 1.54) is 0 Å². The van der Waals surface area contributed by atoms with Crippen molar-refractivity contribution in [2.24, 2.45) is 5.41 Å². The lowest BCUT2D eigenvalue weighted by molar-refractivity contribution is -0.129. The lowest BCUT2D eigenvalue weighted by Crippen LogP contribution is -2.46. The number of carbonyl (C=O) groups excluding carboxylic acids is 2. The molecule has 1 saturated heterocycles. The number of carbonyl (C=O) groups is 2. The van der Waals surface area contributed by atoms with Crippen LogP contribution in [0.2, 0.25) is 0 Å². The molecular weight excluding hydrogens is 250 g/mol. The minimum absolute atomic E-state index is 0.00646. The van der Waals surface area contributed by atoms with Gasteiger partial charge in [0.15, 0.2) is 0 Å². The van der Waals surface area contributed by atoms with Crippen LogP contribution in [0.3, 0.4) is 0 Å². The van der Waals surface area contributed by atoms with Crippen LogP contribution < -0.4 is 16.0 Å². The van der Waals surface area contributed by atoms with Crippen LogP contribution in [0.25, 0.3) is 0 Å². The number of hydrogen-bond acceptors (Lipinski definition) is 4. The quantitative estimate of drug-likeness (QED) is 0.658. The van der Waals surface area contributed by atoms with E-state index < -0.39 is 5.41 Å². The summed E-state index contributed by atoms with van der Waals surface area (Å²) in [4.78, 5) is 23.3. The molecule has 104 valence electrons. The van der Waals surface area contributed by atoms with Crippen LogP contribution in [0.5, 0.6) is 0 Å². The zero-order chi connectivity index (χ0) is 13.6. The van der Waals surface area contributed by atoms with E-state index in [1.54, 1.807) is 7.05 Å². The minimum atomic E-state index is -0.570. The van der Waals surface area contributed by atoms with Crippen LogP contribution in [0.15, 0.2) is 0 Å². The molecule has 5 nitrogen and oxygen atoms in total. The van der Waals surface area contributed by atoms with Gasteiger partial charge in [-0.1, -0.05) is 0 Å². The lowest BCUT2D eigenvalue weighted by atomic mass is 9.92. The van der Waals surface area contributed by atoms with E-state index >= 15 is 0 Å². The maximum Gasteiger partial charge on any atom is 0.227 e. The molecule has 1 atom stereocenters. The Bertz CT molecular complexity index is 302. The highest BCUT2D eigenvalue weighted by molar-refractivity contribution is 7.99. The van der Waals surface area contributed by atoms with Gasteiger partial charge in [0, 0.05) is 44.1 Å². The maximum atomic E-state index is 11.8. The van der Waals surface area contributed by atoms with E-state index in [1.807, 2.05) is 25.6 Å². The van der Waals surface area contributed by atoms with E-state index in [2.05, 4.69) is 16.0 Å². The van der Waals surface area contributed by atoms with Gasteiger partial charge in [-0.2, -0.15) is 11.8 Å². The molecule has 0 bridgehead atoms. The molecule has 0 aromatic heterocycles. The highest BCUT2D eigenvalue weighted by atomic mass is 32.2. The van der Waals surface area contributed by atoms with Crippen molar-refractivity contribution in [1.82, 2.24) is 16.0 Å². The molecule has 0 radical (unpaired) electrons. The summed E-state index contributed by atoms with van der Waals surface area (Å²) in [6, 6.07) is 0.256. The summed E-state index contributed by atoms with van der Waals surface area (Å²) in [6.45, 7) is 4.97. The van der Waals surface area contributed by atoms with Gasteiger partial charge in [0.2, 0.25) is 11.8 Å². The van der Waals surface area contributed by atoms with Crippen molar-refractivity contribution < 1.29 is 9.59 Å². The lowest BCUT2D eigenvalue weighted by Gasteiger charge is -2.25. The first kappa shape index (κ1) is 15.3. The first-order chi connectivity index (χ1) is 8.45. The smallest absolute Gasteiger partial charge is 0.227 e. The normalized spacial score (nSPS) is 20.3. The highest BCUT2D eigenvalue weighted by Crippen LogP contribution is 2.14. The summed E-state index contributed by atoms with van der Waals surface area (Å²) in [5, 5.41) is 8.76. The van der Waals surface area contributed by atoms with Crippen LogP contribution >= 0.6 is 11.8 Å². The Morgan fingerprint density at radius 3 is 2.72 bits per heavy atom. The van der Waals surface area contributed by atoms with Crippen molar-refractivity contribution in [1.29, 1.82) is 0 Å². The van der Waals surface area contributed by atoms with Gasteiger partial charge in [-0.15, -0.1) is 0 Å². The zero-order valence-electron chi connectivity index (χ0n) is 11.3. The van der Waals surface area contributed by atoms with Gasteiger partial charge < -0.3 is 16.0 Å². The molecule has 1 rings (SSSR count). The number of nitrogens with one attached hydrogen (secondary N) is 3. The van der Waals surface area contributed by atoms with Crippen molar-refractivity contribution in [2.45, 2.75) is 26.3 Å². The minimum Gasteiger partial charge on any atom is -0.359 e. The Hall–Kier alpha value is -0.750. The molecule has 2 amide bonds. The second-order valence-corrected chi connectivity index (χ2v) is 6.32. The molecule has 0 aromatic rings. The van der Waals surface area contributed by atoms with Crippen molar-refractivity contribution in [2.75, 3.05) is 31.6 Å². The summed E-state index contributed by atoms with van der Waals surface area (Å²) in [5.41, 5.74) is -0.570. The third-order valence-corrected chi connectivity index (χ3v) is 4.13. The standard InChI is InChI=1S/C12H23N3O2S/c1-12(2,11(17)13-3)8-15-10(16)6-9-7-18-5-4-14-9/h9,14H,4-8H2,1-3H3,(H,13,17)(H,15,16). The van der Waals surface area contributed by atoms with Crippen molar-refractivity contribution >= 4 is 23.6 Å². The summed E-state index contributed by atoms with van der Waals surface area (Å²) < 4.78 is 0. The first-order valence-electron chi connectivity index (χ1n) is 6.25. The molecule has 18 heavy (non-hydrogen) atoms. The molecule has 1 aliphatic rings. The number of rotatable bonds is 5. The Kier molecular flexibility index (Phi) is 5.95. The molecule has 1 heterocycles. The molecule has 1 unspecified atom stereocenters. The monoisotopic (exact) mass is 273 g/mol. The van der Waals surface area contributed by atoms with Crippen molar-refractivity contribution in [3.05, 3.63) is 0 Å². The van der Waals surface area contributed by atoms with E-state index in [0.717, 1.165) is 18.1 Å². The van der Waals surface area contributed by atoms with Crippen LogP contribution in [0.4, 0.5) is 0 Å². The fourth-order valence-electron chi connectivity index (χ4n) is 1.79. The Morgan fingerprint density at radius 2 is 2.17 bits per heavy atom. The van der Waals surface area contributed by atoms with Gasteiger partial charge in [0.1, 0.15) is 0 Å². The molecule has 3 N–H and O–H groups in total. The first-order valence-corrected chi connectivity index (χ1v) is 7.41. The van der Waals surface area contributed by atoms with E-state index in [4.69, 9.17) is 0 Å². The summed E-state index contributed by atoms with van der Waals surface area (Å²) in [6.07, 6.45) is 0.483. The summed E-state index contributed by atoms with van der Waals surface area (Å²) in [7, 11) is 1.61. The van der Waals surface area contributed by atoms with Gasteiger partial charge in [0.25, 0.3) is 0 Å². The number of hydrogen-bond donors (Lipinski definition) is 3. The molecule has 0 saturated carbocycles. The molecule has 1 aliphatic heterocycles. The highest BCUT2D eigenvalue weighted by Gasteiger charge is 2.27. The SMILES string of the molecule is CNC(=O)C(C)(C)CNC(=O)CC1CSCCN1. The Balaban J connectivity index is 2.29. The van der Waals surface area contributed by atoms with Crippen molar-refractivity contribution in [3.8, 4) is 0 Å². The van der Waals surface area contributed by atoms with Gasteiger partial charge in [-0.05, 0) is 13.8 Å². The van der Waals surface area contributed by atoms with Crippen LogP contribution in [-0.4, -0.2) is 49.5 Å². The topological polar surface area (TPSA) is 70.2 Å². The summed E-state index contributed by atoms with van der Waals surface area (Å²) >= 11 is 1.87. The van der Waals surface area contributed by atoms with Crippen molar-refractivity contribution in [3.63, 3.8) is 0 Å². The fourth-order valence-corrected chi connectivity index (χ4v) is 2.73. The van der Waals surface area contributed by atoms with Gasteiger partial charge in [-0.25, -0.2) is 0 Å². The predicted molar refractivity (Wildman–Crippen MR) is 74.6 cm³/mol. The largest absolute Gasteiger partial charge is 0.359 e. The molecule has 0 spiro atoms. The van der Waals surface area contributed by atoms with Gasteiger partial charge in [-0.3, -0.25) is 9.59 Å². The Labute approximate surface area is 113 Å². The van der Waals surface area contributed by atoms with Gasteiger partial charge in [0.05, 0.1) is 5.41 Å².